The van der Waals surface area contributed by atoms with E-state index in [9.17, 15) is 13.2 Å². The van der Waals surface area contributed by atoms with Crippen LogP contribution in [0.15, 0.2) is 0 Å². The molecule has 0 aromatic rings. The normalized spacial score (nSPS) is 43.0. The molecule has 0 radical (unpaired) electrons. The van der Waals surface area contributed by atoms with Crippen LogP contribution in [0.5, 0.6) is 0 Å². The monoisotopic (exact) mass is 299 g/mol. The van der Waals surface area contributed by atoms with Gasteiger partial charge in [0.05, 0.1) is 11.8 Å². The highest BCUT2D eigenvalue weighted by atomic mass is 32.2. The Kier molecular flexibility index (Phi) is 2.37. The van der Waals surface area contributed by atoms with E-state index in [0.717, 1.165) is 45.4 Å². The first-order valence-electron chi connectivity index (χ1n) is 7.29. The molecule has 2 aliphatic heterocycles. The highest BCUT2D eigenvalue weighted by molar-refractivity contribution is 7.90. The molecule has 2 heterocycles. The number of sulfone groups is 1. The van der Waals surface area contributed by atoms with E-state index >= 15 is 0 Å². The molecule has 3 saturated carbocycles. The minimum Gasteiger partial charge on any atom is -0.317 e. The second-order valence-corrected chi connectivity index (χ2v) is 9.41. The van der Waals surface area contributed by atoms with E-state index in [-0.39, 0.29) is 17.0 Å². The van der Waals surface area contributed by atoms with E-state index in [2.05, 4.69) is 5.32 Å². The second kappa shape index (κ2) is 3.68. The maximum atomic E-state index is 12.5. The SMILES string of the molecule is CS(=O)(=O)CC12CC(N3C[C@H]4CNCCN4C3=O)(C1)C2. The summed E-state index contributed by atoms with van der Waals surface area (Å²) in [6, 6.07) is 0.472. The number of carbonyl (C=O) groups excluding carboxylic acids is 1. The van der Waals surface area contributed by atoms with Gasteiger partial charge in [-0.3, -0.25) is 0 Å². The van der Waals surface area contributed by atoms with Gasteiger partial charge >= 0.3 is 6.03 Å². The molecule has 0 aromatic carbocycles. The number of hydrogen-bond acceptors (Lipinski definition) is 4. The minimum absolute atomic E-state index is 0.0148. The molecule has 0 unspecified atom stereocenters. The van der Waals surface area contributed by atoms with Gasteiger partial charge in [-0.2, -0.15) is 0 Å². The van der Waals surface area contributed by atoms with Crippen LogP contribution in [0.2, 0.25) is 0 Å². The highest BCUT2D eigenvalue weighted by Gasteiger charge is 2.72. The molecule has 5 fully saturated rings. The smallest absolute Gasteiger partial charge is 0.317 e. The number of carbonyl (C=O) groups is 1. The maximum absolute atomic E-state index is 12.5. The number of rotatable bonds is 3. The number of nitrogens with one attached hydrogen (secondary N) is 1. The Labute approximate surface area is 119 Å². The lowest BCUT2D eigenvalue weighted by atomic mass is 9.39. The second-order valence-electron chi connectivity index (χ2n) is 7.27. The predicted octanol–water partition coefficient (Wildman–Crippen LogP) is -0.337. The molecule has 112 valence electrons. The van der Waals surface area contributed by atoms with Crippen LogP contribution < -0.4 is 5.32 Å². The molecule has 5 rings (SSSR count). The van der Waals surface area contributed by atoms with Crippen molar-refractivity contribution in [2.24, 2.45) is 5.41 Å². The van der Waals surface area contributed by atoms with Crippen LogP contribution in [-0.4, -0.2) is 74.0 Å². The number of fused-ring (bicyclic) bond motifs is 1. The molecular formula is C13H21N3O3S. The number of amides is 2. The molecule has 7 heteroatoms. The minimum atomic E-state index is -2.91. The third-order valence-corrected chi connectivity index (χ3v) is 6.61. The van der Waals surface area contributed by atoms with Crippen molar-refractivity contribution in [3.63, 3.8) is 0 Å². The van der Waals surface area contributed by atoms with Gasteiger partial charge in [0.15, 0.2) is 0 Å². The maximum Gasteiger partial charge on any atom is 0.320 e. The number of piperazine rings is 1. The van der Waals surface area contributed by atoms with Crippen molar-refractivity contribution < 1.29 is 13.2 Å². The average Bonchev–Trinajstić information content (AvgIpc) is 2.59. The summed E-state index contributed by atoms with van der Waals surface area (Å²) in [5.41, 5.74) is -0.0334. The van der Waals surface area contributed by atoms with Gasteiger partial charge in [-0.25, -0.2) is 13.2 Å². The first kappa shape index (κ1) is 12.9. The molecule has 0 spiro atoms. The molecule has 1 atom stereocenters. The van der Waals surface area contributed by atoms with E-state index < -0.39 is 9.84 Å². The molecule has 1 N–H and O–H groups in total. The Morgan fingerprint density at radius 2 is 2.05 bits per heavy atom. The van der Waals surface area contributed by atoms with Gasteiger partial charge in [-0.1, -0.05) is 0 Å². The van der Waals surface area contributed by atoms with Crippen LogP contribution in [-0.2, 0) is 9.84 Å². The van der Waals surface area contributed by atoms with Gasteiger partial charge in [0.25, 0.3) is 0 Å². The van der Waals surface area contributed by atoms with Gasteiger partial charge in [0, 0.05) is 38.0 Å². The summed E-state index contributed by atoms with van der Waals surface area (Å²) in [5, 5.41) is 3.34. The topological polar surface area (TPSA) is 69.7 Å². The summed E-state index contributed by atoms with van der Waals surface area (Å²) >= 11 is 0. The molecule has 0 aromatic heterocycles. The van der Waals surface area contributed by atoms with Crippen LogP contribution in [0, 0.1) is 5.41 Å². The van der Waals surface area contributed by atoms with E-state index in [1.165, 1.54) is 6.26 Å². The summed E-state index contributed by atoms with van der Waals surface area (Å²) in [7, 11) is -2.91. The summed E-state index contributed by atoms with van der Waals surface area (Å²) in [6.45, 7) is 3.36. The summed E-state index contributed by atoms with van der Waals surface area (Å²) in [4.78, 5) is 16.5. The van der Waals surface area contributed by atoms with Crippen LogP contribution >= 0.6 is 0 Å². The van der Waals surface area contributed by atoms with E-state index in [0.29, 0.717) is 11.8 Å². The fraction of sp³-hybridized carbons (Fsp3) is 0.923. The van der Waals surface area contributed by atoms with Gasteiger partial charge in [-0.15, -0.1) is 0 Å². The average molecular weight is 299 g/mol. The standard InChI is InChI=1S/C13H21N3O3S/c1-20(18,19)9-12-6-13(7-12,8-12)16-5-10-4-14-2-3-15(10)11(16)17/h10,14H,2-9H2,1H3/t10-,12?,13?/m1/s1. The molecule has 2 bridgehead atoms. The van der Waals surface area contributed by atoms with E-state index in [1.54, 1.807) is 0 Å². The first-order valence-corrected chi connectivity index (χ1v) is 9.35. The molecular weight excluding hydrogens is 278 g/mol. The zero-order valence-electron chi connectivity index (χ0n) is 11.8. The highest BCUT2D eigenvalue weighted by Crippen LogP contribution is 2.70. The Bertz CT molecular complexity index is 554. The van der Waals surface area contributed by atoms with Crippen molar-refractivity contribution in [3.05, 3.63) is 0 Å². The third-order valence-electron chi connectivity index (χ3n) is 5.47. The summed E-state index contributed by atoms with van der Waals surface area (Å²) in [6.07, 6.45) is 3.96. The van der Waals surface area contributed by atoms with Gasteiger partial charge < -0.3 is 15.1 Å². The fourth-order valence-electron chi connectivity index (χ4n) is 4.95. The quantitative estimate of drug-likeness (QED) is 0.774. The molecule has 6 nitrogen and oxygen atoms in total. The van der Waals surface area contributed by atoms with Gasteiger partial charge in [0.2, 0.25) is 0 Å². The van der Waals surface area contributed by atoms with Crippen molar-refractivity contribution >= 4 is 15.9 Å². The predicted molar refractivity (Wildman–Crippen MR) is 74.2 cm³/mol. The van der Waals surface area contributed by atoms with E-state index in [1.807, 2.05) is 9.80 Å². The Morgan fingerprint density at radius 3 is 2.65 bits per heavy atom. The number of hydrogen-bond donors (Lipinski definition) is 1. The Hall–Kier alpha value is -0.820. The third kappa shape index (κ3) is 1.65. The van der Waals surface area contributed by atoms with Crippen molar-refractivity contribution in [2.45, 2.75) is 30.8 Å². The summed E-state index contributed by atoms with van der Waals surface area (Å²) in [5.74, 6) is 0.290. The summed E-state index contributed by atoms with van der Waals surface area (Å²) < 4.78 is 22.9. The van der Waals surface area contributed by atoms with Gasteiger partial charge in [0.1, 0.15) is 9.84 Å². The van der Waals surface area contributed by atoms with Crippen molar-refractivity contribution in [1.29, 1.82) is 0 Å². The fourth-order valence-corrected chi connectivity index (χ4v) is 6.37. The lowest BCUT2D eigenvalue weighted by Gasteiger charge is -2.73. The molecule has 5 aliphatic rings. The van der Waals surface area contributed by atoms with Crippen LogP contribution in [0.4, 0.5) is 4.79 Å². The van der Waals surface area contributed by atoms with Crippen LogP contribution in [0.25, 0.3) is 0 Å². The molecule has 20 heavy (non-hydrogen) atoms. The zero-order chi connectivity index (χ0) is 14.2. The van der Waals surface area contributed by atoms with Crippen LogP contribution in [0.3, 0.4) is 0 Å². The lowest BCUT2D eigenvalue weighted by Crippen LogP contribution is -2.76. The van der Waals surface area contributed by atoms with Crippen LogP contribution in [0.1, 0.15) is 19.3 Å². The molecule has 3 aliphatic carbocycles. The first-order chi connectivity index (χ1) is 9.33. The zero-order valence-corrected chi connectivity index (χ0v) is 12.6. The largest absolute Gasteiger partial charge is 0.320 e. The molecule has 2 amide bonds. The Morgan fingerprint density at radius 1 is 1.35 bits per heavy atom. The lowest BCUT2D eigenvalue weighted by molar-refractivity contribution is -0.185. The van der Waals surface area contributed by atoms with Crippen molar-refractivity contribution in [2.75, 3.05) is 38.2 Å². The van der Waals surface area contributed by atoms with Crippen molar-refractivity contribution in [3.8, 4) is 0 Å². The number of nitrogens with zero attached hydrogens (tertiary/aromatic N) is 2. The van der Waals surface area contributed by atoms with E-state index in [4.69, 9.17) is 0 Å². The number of urea groups is 1. The van der Waals surface area contributed by atoms with Crippen molar-refractivity contribution in [1.82, 2.24) is 15.1 Å². The molecule has 2 saturated heterocycles. The Balaban J connectivity index is 1.46. The van der Waals surface area contributed by atoms with Gasteiger partial charge in [-0.05, 0) is 24.7 Å².